The van der Waals surface area contributed by atoms with E-state index in [0.717, 1.165) is 0 Å². The SMILES string of the molecule is [2H]C([2H])([2H])C([2H])([2H])C([2H])([2H])C([2H])([2H])C([2H])([2H])C([2H])([2H])C([2H])([2H])C([2H])([2H])C([2H])([2H])C(=O)CCCCCCCC(=O)OC. The van der Waals surface area contributed by atoms with Crippen LogP contribution < -0.4 is 0 Å². The van der Waals surface area contributed by atoms with Crippen LogP contribution in [0.25, 0.3) is 0 Å². The summed E-state index contributed by atoms with van der Waals surface area (Å²) in [6, 6.07) is 0. The normalized spacial score (nSPS) is 29.2. The second-order valence-corrected chi connectivity index (χ2v) is 4.27. The molecular weight excluding hydrogens is 276 g/mol. The van der Waals surface area contributed by atoms with Crippen LogP contribution >= 0.6 is 0 Å². The van der Waals surface area contributed by atoms with Crippen LogP contribution in [0.1, 0.15) is 129 Å². The fourth-order valence-electron chi connectivity index (χ4n) is 1.51. The lowest BCUT2D eigenvalue weighted by Crippen LogP contribution is -1.99. The molecule has 0 aromatic heterocycles. The van der Waals surface area contributed by atoms with Crippen molar-refractivity contribution in [2.24, 2.45) is 0 Å². The topological polar surface area (TPSA) is 43.4 Å². The van der Waals surface area contributed by atoms with Crippen molar-refractivity contribution >= 4 is 11.8 Å². The fourth-order valence-corrected chi connectivity index (χ4v) is 1.51. The van der Waals surface area contributed by atoms with Crippen molar-refractivity contribution in [3.8, 4) is 0 Å². The molecule has 3 nitrogen and oxygen atoms in total. The average molecular weight is 332 g/mol. The smallest absolute Gasteiger partial charge is 0.305 e. The summed E-state index contributed by atoms with van der Waals surface area (Å²) >= 11 is 0. The summed E-state index contributed by atoms with van der Waals surface area (Å²) in [5.74, 6) is -1.91. The Labute approximate surface area is 163 Å². The molecule has 0 saturated carbocycles. The van der Waals surface area contributed by atoms with Gasteiger partial charge in [-0.25, -0.2) is 0 Å². The molecule has 0 aliphatic rings. The number of unbranched alkanes of at least 4 members (excludes halogenated alkanes) is 4. The highest BCUT2D eigenvalue weighted by atomic mass is 16.5. The molecule has 0 radical (unpaired) electrons. The minimum atomic E-state index is -4.54. The molecule has 0 aliphatic heterocycles. The predicted octanol–water partition coefficient (Wildman–Crippen LogP) is 5.60. The first-order valence-electron chi connectivity index (χ1n) is 16.5. The average Bonchev–Trinajstić information content (AvgIpc) is 2.81. The first-order valence-corrected chi connectivity index (χ1v) is 6.98. The van der Waals surface area contributed by atoms with Crippen LogP contribution in [0.15, 0.2) is 0 Å². The van der Waals surface area contributed by atoms with E-state index in [4.69, 9.17) is 26.0 Å². The van der Waals surface area contributed by atoms with Gasteiger partial charge in [0.2, 0.25) is 0 Å². The zero-order valence-corrected chi connectivity index (χ0v) is 12.7. The molecule has 0 N–H and O–H groups in total. The molecule has 0 amide bonds. The quantitative estimate of drug-likeness (QED) is 0.273. The van der Waals surface area contributed by atoms with Crippen LogP contribution in [0.4, 0.5) is 0 Å². The molecule has 0 bridgehead atoms. The van der Waals surface area contributed by atoms with Crippen molar-refractivity contribution in [2.75, 3.05) is 7.11 Å². The van der Waals surface area contributed by atoms with Crippen molar-refractivity contribution < 1.29 is 40.4 Å². The second kappa shape index (κ2) is 16.5. The summed E-state index contributed by atoms with van der Waals surface area (Å²) in [7, 11) is 1.23. The number of Topliss-reactive ketones (excluding diaryl/α,β-unsaturated/α-hetero) is 1. The van der Waals surface area contributed by atoms with Crippen molar-refractivity contribution in [1.29, 1.82) is 0 Å². The van der Waals surface area contributed by atoms with Gasteiger partial charge in [-0.1, -0.05) is 64.4 Å². The van der Waals surface area contributed by atoms with Crippen LogP contribution in [0.2, 0.25) is 0 Å². The summed E-state index contributed by atoms with van der Waals surface area (Å²) in [5.41, 5.74) is 0. The van der Waals surface area contributed by atoms with Gasteiger partial charge in [-0.3, -0.25) is 9.59 Å². The number of esters is 1. The molecule has 0 saturated heterocycles. The number of rotatable bonds is 16. The lowest BCUT2D eigenvalue weighted by molar-refractivity contribution is -0.140. The van der Waals surface area contributed by atoms with E-state index in [9.17, 15) is 9.59 Å². The molecule has 0 aliphatic carbocycles. The first-order chi connectivity index (χ1) is 17.9. The maximum Gasteiger partial charge on any atom is 0.305 e. The Bertz CT molecular complexity index is 923. The van der Waals surface area contributed by atoms with Gasteiger partial charge in [-0.05, 0) is 19.2 Å². The minimum Gasteiger partial charge on any atom is -0.469 e. The summed E-state index contributed by atoms with van der Waals surface area (Å²) in [6.45, 7) is -3.90. The molecule has 0 unspecified atom stereocenters. The highest BCUT2D eigenvalue weighted by molar-refractivity contribution is 5.78. The van der Waals surface area contributed by atoms with Crippen molar-refractivity contribution in [3.63, 3.8) is 0 Å². The zero-order valence-electron chi connectivity index (χ0n) is 31.7. The van der Waals surface area contributed by atoms with Gasteiger partial charge in [0.25, 0.3) is 0 Å². The highest BCUT2D eigenvalue weighted by Gasteiger charge is 2.03. The Kier molecular flexibility index (Phi) is 4.20. The van der Waals surface area contributed by atoms with Gasteiger partial charge < -0.3 is 4.74 Å². The van der Waals surface area contributed by atoms with E-state index in [2.05, 4.69) is 4.74 Å². The van der Waals surface area contributed by atoms with E-state index >= 15 is 0 Å². The zero-order chi connectivity index (χ0) is 33.3. The largest absolute Gasteiger partial charge is 0.469 e. The van der Waals surface area contributed by atoms with Crippen molar-refractivity contribution in [3.05, 3.63) is 0 Å². The Morgan fingerprint density at radius 3 is 2.14 bits per heavy atom. The van der Waals surface area contributed by atoms with E-state index in [1.54, 1.807) is 0 Å². The molecule has 0 rings (SSSR count). The number of carbonyl (C=O) groups is 2. The fraction of sp³-hybridized carbons (Fsp3) is 0.895. The lowest BCUT2D eigenvalue weighted by atomic mass is 10.0. The Morgan fingerprint density at radius 2 is 1.45 bits per heavy atom. The summed E-state index contributed by atoms with van der Waals surface area (Å²) in [5, 5.41) is 0. The molecule has 0 spiro atoms. The summed E-state index contributed by atoms with van der Waals surface area (Å²) < 4.78 is 153. The van der Waals surface area contributed by atoms with E-state index in [1.165, 1.54) is 7.11 Å². The Hall–Kier alpha value is -0.860. The number of carbonyl (C=O) groups excluding carboxylic acids is 2. The van der Waals surface area contributed by atoms with Crippen LogP contribution in [-0.2, 0) is 14.3 Å². The third kappa shape index (κ3) is 15.5. The Morgan fingerprint density at radius 1 is 0.864 bits per heavy atom. The number of hydrogen-bond donors (Lipinski definition) is 0. The number of ketones is 1. The minimum absolute atomic E-state index is 0.0102. The Balaban J connectivity index is 6.12. The van der Waals surface area contributed by atoms with E-state index < -0.39 is 76.0 Å². The molecule has 22 heavy (non-hydrogen) atoms. The van der Waals surface area contributed by atoms with Gasteiger partial charge in [0, 0.05) is 45.3 Å². The first kappa shape index (κ1) is 5.60. The van der Waals surface area contributed by atoms with Gasteiger partial charge >= 0.3 is 5.97 Å². The molecule has 0 aromatic rings. The molecule has 3 heteroatoms. The standard InChI is InChI=1S/C19H36O3/c1-3-4-5-6-7-9-12-15-18(20)16-13-10-8-11-14-17-19(21)22-2/h3-17H2,1-2H3/i1D3,3D2,4D2,5D2,6D2,7D2,9D2,12D2,15D2. The monoisotopic (exact) mass is 331 g/mol. The lowest BCUT2D eigenvalue weighted by Gasteiger charge is -2.03. The number of methoxy groups -OCH3 is 1. The van der Waals surface area contributed by atoms with Crippen molar-refractivity contribution in [1.82, 2.24) is 0 Å². The van der Waals surface area contributed by atoms with Crippen molar-refractivity contribution in [2.45, 2.75) is 103 Å². The van der Waals surface area contributed by atoms with Crippen LogP contribution in [0.3, 0.4) is 0 Å². The van der Waals surface area contributed by atoms with E-state index in [-0.39, 0.29) is 12.8 Å². The molecule has 0 aromatic carbocycles. The highest BCUT2D eigenvalue weighted by Crippen LogP contribution is 2.12. The molecule has 0 fully saturated rings. The predicted molar refractivity (Wildman–Crippen MR) is 92.0 cm³/mol. The maximum absolute atomic E-state index is 12.6. The molecule has 0 heterocycles. The third-order valence-electron chi connectivity index (χ3n) is 2.59. The van der Waals surface area contributed by atoms with Crippen LogP contribution in [0, 0.1) is 0 Å². The van der Waals surface area contributed by atoms with Gasteiger partial charge in [0.1, 0.15) is 5.78 Å². The van der Waals surface area contributed by atoms with Gasteiger partial charge in [0.15, 0.2) is 0 Å². The maximum atomic E-state index is 12.6. The summed E-state index contributed by atoms with van der Waals surface area (Å²) in [4.78, 5) is 23.7. The van der Waals surface area contributed by atoms with E-state index in [1.807, 2.05) is 0 Å². The third-order valence-corrected chi connectivity index (χ3v) is 2.59. The number of ether oxygens (including phenoxy) is 1. The second-order valence-electron chi connectivity index (χ2n) is 4.27. The summed E-state index contributed by atoms with van der Waals surface area (Å²) in [6.07, 6.45) is -33.0. The van der Waals surface area contributed by atoms with Gasteiger partial charge in [0.05, 0.1) is 7.11 Å². The van der Waals surface area contributed by atoms with Gasteiger partial charge in [-0.15, -0.1) is 0 Å². The van der Waals surface area contributed by atoms with Gasteiger partial charge in [-0.2, -0.15) is 0 Å². The molecular formula is C19H36O3. The number of hydrogen-bond acceptors (Lipinski definition) is 3. The molecule has 0 atom stereocenters. The molecule has 130 valence electrons. The van der Waals surface area contributed by atoms with Crippen LogP contribution in [-0.4, -0.2) is 18.9 Å². The van der Waals surface area contributed by atoms with E-state index in [0.29, 0.717) is 25.7 Å². The van der Waals surface area contributed by atoms with Crippen LogP contribution in [0.5, 0.6) is 0 Å².